The lowest BCUT2D eigenvalue weighted by atomic mass is 9.91. The number of esters is 1. The van der Waals surface area contributed by atoms with Crippen molar-refractivity contribution in [2.75, 3.05) is 7.11 Å². The lowest BCUT2D eigenvalue weighted by Crippen LogP contribution is -2.29. The molecular formula is C32H64O3. The highest BCUT2D eigenvalue weighted by atomic mass is 16.5. The minimum atomic E-state index is -0.543. The van der Waals surface area contributed by atoms with E-state index in [0.29, 0.717) is 0 Å². The Balaban J connectivity index is 3.70. The zero-order valence-electron chi connectivity index (χ0n) is 24.3. The number of aliphatic hydroxyl groups is 1. The SMILES string of the molecule is CCCCCCCCCCCCCCC[C@@H](O)[C@@H](CCCCCCCCCCCCC)C(=O)OC. The van der Waals surface area contributed by atoms with E-state index in [1.54, 1.807) is 0 Å². The Bertz CT molecular complexity index is 423. The molecule has 0 saturated heterocycles. The van der Waals surface area contributed by atoms with Crippen molar-refractivity contribution >= 4 is 5.97 Å². The van der Waals surface area contributed by atoms with Crippen molar-refractivity contribution in [2.24, 2.45) is 5.92 Å². The van der Waals surface area contributed by atoms with Crippen LogP contribution in [0.1, 0.15) is 181 Å². The third-order valence-corrected chi connectivity index (χ3v) is 7.69. The minimum absolute atomic E-state index is 0.223. The average Bonchev–Trinajstić information content (AvgIpc) is 2.87. The van der Waals surface area contributed by atoms with Crippen LogP contribution in [0, 0.1) is 5.92 Å². The fourth-order valence-electron chi connectivity index (χ4n) is 5.22. The van der Waals surface area contributed by atoms with Crippen LogP contribution in [-0.4, -0.2) is 24.3 Å². The molecule has 0 aliphatic carbocycles. The molecule has 0 aliphatic heterocycles. The van der Waals surface area contributed by atoms with Gasteiger partial charge in [0, 0.05) is 0 Å². The van der Waals surface area contributed by atoms with Crippen LogP contribution < -0.4 is 0 Å². The molecule has 0 aromatic heterocycles. The van der Waals surface area contributed by atoms with Crippen LogP contribution >= 0.6 is 0 Å². The number of carbonyl (C=O) groups excluding carboxylic acids is 1. The number of methoxy groups -OCH3 is 1. The van der Waals surface area contributed by atoms with Crippen LogP contribution in [0.15, 0.2) is 0 Å². The maximum Gasteiger partial charge on any atom is 0.311 e. The van der Waals surface area contributed by atoms with E-state index in [2.05, 4.69) is 13.8 Å². The molecule has 3 nitrogen and oxygen atoms in total. The van der Waals surface area contributed by atoms with Gasteiger partial charge in [-0.25, -0.2) is 0 Å². The Morgan fingerprint density at radius 3 is 1.11 bits per heavy atom. The quantitative estimate of drug-likeness (QED) is 0.0865. The number of unbranched alkanes of at least 4 members (excludes halogenated alkanes) is 22. The van der Waals surface area contributed by atoms with Gasteiger partial charge >= 0.3 is 5.97 Å². The van der Waals surface area contributed by atoms with E-state index < -0.39 is 6.10 Å². The number of carbonyl (C=O) groups is 1. The molecule has 0 radical (unpaired) electrons. The van der Waals surface area contributed by atoms with Gasteiger partial charge in [0.15, 0.2) is 0 Å². The standard InChI is InChI=1S/C32H64O3/c1-4-6-8-10-12-14-16-17-19-21-23-25-27-29-31(33)30(32(34)35-3)28-26-24-22-20-18-15-13-11-9-7-5-2/h30-31,33H,4-29H2,1-3H3/t30-,31-/m1/s1. The molecular weight excluding hydrogens is 432 g/mol. The first-order chi connectivity index (χ1) is 17.2. The van der Waals surface area contributed by atoms with Crippen molar-refractivity contribution in [3.05, 3.63) is 0 Å². The van der Waals surface area contributed by atoms with Crippen molar-refractivity contribution < 1.29 is 14.6 Å². The fourth-order valence-corrected chi connectivity index (χ4v) is 5.22. The van der Waals surface area contributed by atoms with Gasteiger partial charge in [-0.3, -0.25) is 4.79 Å². The van der Waals surface area contributed by atoms with Gasteiger partial charge in [0.05, 0.1) is 19.1 Å². The van der Waals surface area contributed by atoms with Gasteiger partial charge < -0.3 is 9.84 Å². The van der Waals surface area contributed by atoms with Crippen LogP contribution in [0.5, 0.6) is 0 Å². The van der Waals surface area contributed by atoms with Gasteiger partial charge in [-0.05, 0) is 12.8 Å². The van der Waals surface area contributed by atoms with E-state index in [1.807, 2.05) is 0 Å². The van der Waals surface area contributed by atoms with Gasteiger partial charge in [-0.1, -0.05) is 168 Å². The lowest BCUT2D eigenvalue weighted by Gasteiger charge is -2.20. The first-order valence-electron chi connectivity index (χ1n) is 15.9. The van der Waals surface area contributed by atoms with E-state index in [0.717, 1.165) is 32.1 Å². The molecule has 0 rings (SSSR count). The van der Waals surface area contributed by atoms with Crippen LogP contribution in [-0.2, 0) is 9.53 Å². The summed E-state index contributed by atoms with van der Waals surface area (Å²) in [5.74, 6) is -0.560. The molecule has 0 spiro atoms. The van der Waals surface area contributed by atoms with Crippen molar-refractivity contribution in [3.63, 3.8) is 0 Å². The second-order valence-corrected chi connectivity index (χ2v) is 11.1. The molecule has 0 unspecified atom stereocenters. The van der Waals surface area contributed by atoms with Crippen LogP contribution in [0.25, 0.3) is 0 Å². The van der Waals surface area contributed by atoms with Gasteiger partial charge in [0.1, 0.15) is 0 Å². The van der Waals surface area contributed by atoms with Gasteiger partial charge in [-0.2, -0.15) is 0 Å². The van der Waals surface area contributed by atoms with E-state index in [4.69, 9.17) is 4.74 Å². The summed E-state index contributed by atoms with van der Waals surface area (Å²) in [5, 5.41) is 10.6. The first-order valence-corrected chi connectivity index (χ1v) is 15.9. The monoisotopic (exact) mass is 496 g/mol. The van der Waals surface area contributed by atoms with E-state index in [1.165, 1.54) is 142 Å². The second kappa shape index (κ2) is 28.0. The predicted octanol–water partition coefficient (Wildman–Crippen LogP) is 10.3. The molecule has 1 N–H and O–H groups in total. The summed E-state index contributed by atoms with van der Waals surface area (Å²) in [6.07, 6.45) is 32.5. The number of rotatable bonds is 28. The average molecular weight is 497 g/mol. The molecule has 210 valence electrons. The largest absolute Gasteiger partial charge is 0.469 e. The highest BCUT2D eigenvalue weighted by Gasteiger charge is 2.26. The molecule has 2 atom stereocenters. The van der Waals surface area contributed by atoms with Gasteiger partial charge in [0.2, 0.25) is 0 Å². The summed E-state index contributed by atoms with van der Waals surface area (Å²) in [5.41, 5.74) is 0. The van der Waals surface area contributed by atoms with E-state index >= 15 is 0 Å². The number of aliphatic hydroxyl groups excluding tert-OH is 1. The Morgan fingerprint density at radius 1 is 0.514 bits per heavy atom. The zero-order valence-corrected chi connectivity index (χ0v) is 24.3. The molecule has 0 saturated carbocycles. The maximum absolute atomic E-state index is 12.2. The van der Waals surface area contributed by atoms with Crippen LogP contribution in [0.3, 0.4) is 0 Å². The summed E-state index contributed by atoms with van der Waals surface area (Å²) < 4.78 is 5.00. The minimum Gasteiger partial charge on any atom is -0.469 e. The molecule has 0 heterocycles. The maximum atomic E-state index is 12.2. The Morgan fingerprint density at radius 2 is 0.800 bits per heavy atom. The summed E-state index contributed by atoms with van der Waals surface area (Å²) >= 11 is 0. The third-order valence-electron chi connectivity index (χ3n) is 7.69. The first kappa shape index (κ1) is 34.4. The van der Waals surface area contributed by atoms with Crippen molar-refractivity contribution in [1.82, 2.24) is 0 Å². The number of hydrogen-bond acceptors (Lipinski definition) is 3. The topological polar surface area (TPSA) is 46.5 Å². The summed E-state index contributed by atoms with van der Waals surface area (Å²) in [6, 6.07) is 0. The van der Waals surface area contributed by atoms with Crippen molar-refractivity contribution in [1.29, 1.82) is 0 Å². The zero-order chi connectivity index (χ0) is 25.8. The van der Waals surface area contributed by atoms with E-state index in [-0.39, 0.29) is 11.9 Å². The lowest BCUT2D eigenvalue weighted by molar-refractivity contribution is -0.150. The molecule has 0 aromatic rings. The summed E-state index contributed by atoms with van der Waals surface area (Å²) in [7, 11) is 1.45. The molecule has 0 aromatic carbocycles. The molecule has 35 heavy (non-hydrogen) atoms. The Kier molecular flexibility index (Phi) is 27.6. The molecule has 3 heteroatoms. The highest BCUT2D eigenvalue weighted by molar-refractivity contribution is 5.72. The summed E-state index contributed by atoms with van der Waals surface area (Å²) in [4.78, 5) is 12.2. The summed E-state index contributed by atoms with van der Waals surface area (Å²) in [6.45, 7) is 4.54. The van der Waals surface area contributed by atoms with Crippen LogP contribution in [0.4, 0.5) is 0 Å². The molecule has 0 aliphatic rings. The normalized spacial score (nSPS) is 13.1. The number of hydrogen-bond donors (Lipinski definition) is 1. The molecule has 0 fully saturated rings. The van der Waals surface area contributed by atoms with Gasteiger partial charge in [0.25, 0.3) is 0 Å². The fraction of sp³-hybridized carbons (Fsp3) is 0.969. The molecule has 0 bridgehead atoms. The van der Waals surface area contributed by atoms with Gasteiger partial charge in [-0.15, -0.1) is 0 Å². The number of ether oxygens (including phenoxy) is 1. The van der Waals surface area contributed by atoms with E-state index in [9.17, 15) is 9.90 Å². The van der Waals surface area contributed by atoms with Crippen LogP contribution in [0.2, 0.25) is 0 Å². The van der Waals surface area contributed by atoms with Crippen molar-refractivity contribution in [3.8, 4) is 0 Å². The molecule has 0 amide bonds. The second-order valence-electron chi connectivity index (χ2n) is 11.1. The Labute approximate surface area is 220 Å². The smallest absolute Gasteiger partial charge is 0.311 e. The Hall–Kier alpha value is -0.570. The van der Waals surface area contributed by atoms with Crippen molar-refractivity contribution in [2.45, 2.75) is 187 Å². The predicted molar refractivity (Wildman–Crippen MR) is 153 cm³/mol. The highest BCUT2D eigenvalue weighted by Crippen LogP contribution is 2.22. The third kappa shape index (κ3) is 23.6.